The molecule has 1 aromatic rings. The molecule has 0 radical (unpaired) electrons. The molecule has 24 heavy (non-hydrogen) atoms. The van der Waals surface area contributed by atoms with Crippen molar-refractivity contribution in [1.82, 2.24) is 0 Å². The molecule has 0 unspecified atom stereocenters. The Morgan fingerprint density at radius 2 is 1.62 bits per heavy atom. The Morgan fingerprint density at radius 3 is 2.29 bits per heavy atom. The van der Waals surface area contributed by atoms with Crippen molar-refractivity contribution >= 4 is 17.7 Å². The van der Waals surface area contributed by atoms with Gasteiger partial charge in [-0.05, 0) is 70.9 Å². The minimum Gasteiger partial charge on any atom is -0.478 e. The lowest BCUT2D eigenvalue weighted by Crippen LogP contribution is -1.97. The Hall–Kier alpha value is -1.74. The van der Waals surface area contributed by atoms with Gasteiger partial charge in [0.25, 0.3) is 0 Å². The first-order valence-corrected chi connectivity index (χ1v) is 9.21. The van der Waals surface area contributed by atoms with Crippen LogP contribution in [0.2, 0.25) is 0 Å². The van der Waals surface area contributed by atoms with E-state index in [1.54, 1.807) is 12.1 Å². The summed E-state index contributed by atoms with van der Waals surface area (Å²) in [6.45, 7) is 8.55. The molecule has 0 aliphatic heterocycles. The van der Waals surface area contributed by atoms with Gasteiger partial charge in [0.1, 0.15) is 0 Å². The van der Waals surface area contributed by atoms with Crippen molar-refractivity contribution in [2.45, 2.75) is 58.3 Å². The summed E-state index contributed by atoms with van der Waals surface area (Å²) in [6, 6.07) is 7.13. The summed E-state index contributed by atoms with van der Waals surface area (Å²) < 4.78 is 0. The van der Waals surface area contributed by atoms with Gasteiger partial charge in [-0.15, -0.1) is 0 Å². The number of hydrogen-bond acceptors (Lipinski definition) is 2. The van der Waals surface area contributed by atoms with Gasteiger partial charge < -0.3 is 5.11 Å². The van der Waals surface area contributed by atoms with Crippen molar-refractivity contribution in [3.05, 3.63) is 64.1 Å². The quantitative estimate of drug-likeness (QED) is 0.393. The second kappa shape index (κ2) is 10.9. The molecule has 1 rings (SSSR count). The van der Waals surface area contributed by atoms with Crippen molar-refractivity contribution in [3.63, 3.8) is 0 Å². The van der Waals surface area contributed by atoms with Crippen LogP contribution in [0.25, 0.3) is 0 Å². The van der Waals surface area contributed by atoms with Crippen LogP contribution in [0.4, 0.5) is 0 Å². The molecule has 1 aromatic carbocycles. The highest BCUT2D eigenvalue weighted by molar-refractivity contribution is 8.02. The molecule has 2 nitrogen and oxygen atoms in total. The van der Waals surface area contributed by atoms with Crippen molar-refractivity contribution in [3.8, 4) is 0 Å². The van der Waals surface area contributed by atoms with Crippen LogP contribution < -0.4 is 0 Å². The van der Waals surface area contributed by atoms with E-state index in [4.69, 9.17) is 0 Å². The normalized spacial score (nSPS) is 12.2. The van der Waals surface area contributed by atoms with E-state index in [2.05, 4.69) is 45.3 Å². The van der Waals surface area contributed by atoms with E-state index >= 15 is 0 Å². The minimum atomic E-state index is -0.876. The van der Waals surface area contributed by atoms with Crippen molar-refractivity contribution in [2.24, 2.45) is 0 Å². The Bertz CT molecular complexity index is 635. The second-order valence-electron chi connectivity index (χ2n) is 6.29. The molecule has 0 aliphatic rings. The molecule has 130 valence electrons. The Labute approximate surface area is 150 Å². The third kappa shape index (κ3) is 8.21. The largest absolute Gasteiger partial charge is 0.478 e. The summed E-state index contributed by atoms with van der Waals surface area (Å²) in [5.41, 5.74) is 4.44. The van der Waals surface area contributed by atoms with E-state index in [1.807, 2.05) is 12.1 Å². The molecule has 1 N–H and O–H groups in total. The lowest BCUT2D eigenvalue weighted by Gasteiger charge is -2.04. The van der Waals surface area contributed by atoms with Crippen LogP contribution in [0.3, 0.4) is 0 Å². The summed E-state index contributed by atoms with van der Waals surface area (Å²) in [6.07, 6.45) is 8.85. The molecule has 0 fully saturated rings. The third-order valence-electron chi connectivity index (χ3n) is 3.63. The fourth-order valence-electron chi connectivity index (χ4n) is 2.21. The van der Waals surface area contributed by atoms with E-state index in [9.17, 15) is 9.90 Å². The Morgan fingerprint density at radius 1 is 1.00 bits per heavy atom. The summed E-state index contributed by atoms with van der Waals surface area (Å²) in [4.78, 5) is 12.0. The van der Waals surface area contributed by atoms with Crippen LogP contribution in [-0.4, -0.2) is 11.1 Å². The predicted molar refractivity (Wildman–Crippen MR) is 105 cm³/mol. The molecule has 3 heteroatoms. The SMILES string of the molecule is CC(C)=CCC/C(C)=C/CC/C(C)=C/Sc1ccccc1C(=O)O. The van der Waals surface area contributed by atoms with Gasteiger partial charge in [0.2, 0.25) is 0 Å². The zero-order valence-corrected chi connectivity index (χ0v) is 16.0. The Kier molecular flexibility index (Phi) is 9.24. The topological polar surface area (TPSA) is 37.3 Å². The first-order chi connectivity index (χ1) is 11.4. The molecule has 0 spiro atoms. The highest BCUT2D eigenvalue weighted by atomic mass is 32.2. The first-order valence-electron chi connectivity index (χ1n) is 8.33. The van der Waals surface area contributed by atoms with E-state index in [1.165, 1.54) is 28.5 Å². The zero-order valence-electron chi connectivity index (χ0n) is 15.1. The monoisotopic (exact) mass is 344 g/mol. The average Bonchev–Trinajstić information content (AvgIpc) is 2.52. The number of thioether (sulfide) groups is 1. The van der Waals surface area contributed by atoms with Crippen LogP contribution >= 0.6 is 11.8 Å². The Balaban J connectivity index is 2.48. The molecule has 0 saturated carbocycles. The predicted octanol–water partition coefficient (Wildman–Crippen LogP) is 6.85. The summed E-state index contributed by atoms with van der Waals surface area (Å²) in [5, 5.41) is 11.3. The number of aromatic carboxylic acids is 1. The molecular formula is C21H28O2S. The lowest BCUT2D eigenvalue weighted by molar-refractivity contribution is 0.0693. The lowest BCUT2D eigenvalue weighted by atomic mass is 10.1. The maximum absolute atomic E-state index is 11.2. The van der Waals surface area contributed by atoms with Gasteiger partial charge in [-0.2, -0.15) is 0 Å². The number of carbonyl (C=O) groups is 1. The van der Waals surface area contributed by atoms with Crippen LogP contribution in [0, 0.1) is 0 Å². The van der Waals surface area contributed by atoms with Crippen molar-refractivity contribution < 1.29 is 9.90 Å². The van der Waals surface area contributed by atoms with Gasteiger partial charge in [0.15, 0.2) is 0 Å². The second-order valence-corrected chi connectivity index (χ2v) is 7.20. The molecule has 0 atom stereocenters. The van der Waals surface area contributed by atoms with E-state index in [0.717, 1.165) is 30.6 Å². The van der Waals surface area contributed by atoms with Crippen LogP contribution in [0.5, 0.6) is 0 Å². The summed E-state index contributed by atoms with van der Waals surface area (Å²) in [5.74, 6) is -0.876. The van der Waals surface area contributed by atoms with E-state index in [0.29, 0.717) is 5.56 Å². The van der Waals surface area contributed by atoms with Gasteiger partial charge in [-0.3, -0.25) is 0 Å². The van der Waals surface area contributed by atoms with Gasteiger partial charge in [0, 0.05) is 4.90 Å². The molecule has 0 bridgehead atoms. The van der Waals surface area contributed by atoms with Crippen molar-refractivity contribution in [2.75, 3.05) is 0 Å². The highest BCUT2D eigenvalue weighted by Crippen LogP contribution is 2.26. The first kappa shape index (κ1) is 20.3. The molecule has 0 aromatic heterocycles. The maximum Gasteiger partial charge on any atom is 0.336 e. The van der Waals surface area contributed by atoms with E-state index < -0.39 is 5.97 Å². The zero-order chi connectivity index (χ0) is 17.9. The molecule has 0 amide bonds. The molecule has 0 aliphatic carbocycles. The summed E-state index contributed by atoms with van der Waals surface area (Å²) >= 11 is 1.49. The number of hydrogen-bond donors (Lipinski definition) is 1. The molecule has 0 heterocycles. The van der Waals surface area contributed by atoms with Gasteiger partial charge in [0.05, 0.1) is 5.56 Å². The van der Waals surface area contributed by atoms with Gasteiger partial charge in [-0.25, -0.2) is 4.79 Å². The number of rotatable bonds is 9. The standard InChI is InChI=1S/C21H28O2S/c1-16(2)9-7-10-17(3)11-8-12-18(4)15-24-20-14-6-5-13-19(20)21(22)23/h5-6,9,11,13-15H,7-8,10,12H2,1-4H3,(H,22,23)/b17-11+,18-15+. The van der Waals surface area contributed by atoms with Gasteiger partial charge in [-0.1, -0.05) is 52.8 Å². The van der Waals surface area contributed by atoms with Gasteiger partial charge >= 0.3 is 5.97 Å². The highest BCUT2D eigenvalue weighted by Gasteiger charge is 2.08. The maximum atomic E-state index is 11.2. The molecular weight excluding hydrogens is 316 g/mol. The fourth-order valence-corrected chi connectivity index (χ4v) is 3.09. The number of allylic oxidation sites excluding steroid dienone is 5. The average molecular weight is 345 g/mol. The fraction of sp³-hybridized carbons (Fsp3) is 0.381. The van der Waals surface area contributed by atoms with Crippen LogP contribution in [0.15, 0.2) is 63.4 Å². The minimum absolute atomic E-state index is 0.363. The number of benzene rings is 1. The summed E-state index contributed by atoms with van der Waals surface area (Å²) in [7, 11) is 0. The van der Waals surface area contributed by atoms with Crippen LogP contribution in [0.1, 0.15) is 63.7 Å². The number of carboxylic acids is 1. The third-order valence-corrected chi connectivity index (χ3v) is 4.76. The van der Waals surface area contributed by atoms with Crippen LogP contribution in [-0.2, 0) is 0 Å². The van der Waals surface area contributed by atoms with E-state index in [-0.39, 0.29) is 0 Å². The van der Waals surface area contributed by atoms with Crippen molar-refractivity contribution in [1.29, 1.82) is 0 Å². The smallest absolute Gasteiger partial charge is 0.336 e. The molecule has 0 saturated heterocycles. The number of carboxylic acid groups (broad SMARTS) is 1.